The van der Waals surface area contributed by atoms with Crippen LogP contribution < -0.4 is 33.2 Å². The molecule has 3 amide bonds. The van der Waals surface area contributed by atoms with E-state index in [9.17, 15) is 29.1 Å². The molecule has 0 aliphatic heterocycles. The number of hydrogen-bond acceptors (Lipinski definition) is 7. The highest BCUT2D eigenvalue weighted by molar-refractivity contribution is 5.92. The molecule has 2 unspecified atom stereocenters. The number of guanidine groups is 1. The lowest BCUT2D eigenvalue weighted by molar-refractivity contribution is -0.143. The van der Waals surface area contributed by atoms with Gasteiger partial charge in [0, 0.05) is 13.0 Å². The number of carboxylic acid groups (broad SMARTS) is 2. The van der Waals surface area contributed by atoms with E-state index in [0.717, 1.165) is 0 Å². The van der Waals surface area contributed by atoms with Crippen LogP contribution in [0.25, 0.3) is 0 Å². The van der Waals surface area contributed by atoms with Gasteiger partial charge in [0.15, 0.2) is 5.96 Å². The quantitative estimate of drug-likeness (QED) is 0.0772. The molecular formula is C15H27N7O7. The van der Waals surface area contributed by atoms with Crippen LogP contribution in [0.4, 0.5) is 0 Å². The van der Waals surface area contributed by atoms with Crippen LogP contribution >= 0.6 is 0 Å². The number of nitrogens with one attached hydrogen (secondary N) is 3. The maximum atomic E-state index is 12.4. The first-order valence-electron chi connectivity index (χ1n) is 8.63. The Morgan fingerprint density at radius 1 is 0.931 bits per heavy atom. The highest BCUT2D eigenvalue weighted by Crippen LogP contribution is 2.03. The van der Waals surface area contributed by atoms with Gasteiger partial charge in [-0.25, -0.2) is 4.79 Å². The summed E-state index contributed by atoms with van der Waals surface area (Å²) in [7, 11) is 0. The van der Waals surface area contributed by atoms with Crippen molar-refractivity contribution < 1.29 is 34.2 Å². The van der Waals surface area contributed by atoms with E-state index in [0.29, 0.717) is 0 Å². The molecule has 0 aromatic rings. The number of carbonyl (C=O) groups is 5. The fourth-order valence-corrected chi connectivity index (χ4v) is 2.07. The molecule has 0 aromatic heterocycles. The van der Waals surface area contributed by atoms with E-state index in [2.05, 4.69) is 20.9 Å². The van der Waals surface area contributed by atoms with E-state index >= 15 is 0 Å². The first-order chi connectivity index (χ1) is 13.6. The van der Waals surface area contributed by atoms with E-state index in [1.807, 2.05) is 0 Å². The minimum atomic E-state index is -1.32. The average Bonchev–Trinajstić information content (AvgIpc) is 2.64. The van der Waals surface area contributed by atoms with Crippen molar-refractivity contribution >= 4 is 35.6 Å². The minimum absolute atomic E-state index is 0.00398. The van der Waals surface area contributed by atoms with E-state index in [-0.39, 0.29) is 38.3 Å². The normalized spacial score (nSPS) is 12.2. The van der Waals surface area contributed by atoms with Gasteiger partial charge in [-0.05, 0) is 19.3 Å². The van der Waals surface area contributed by atoms with E-state index in [1.165, 1.54) is 0 Å². The van der Waals surface area contributed by atoms with E-state index in [4.69, 9.17) is 22.3 Å². The Bertz CT molecular complexity index is 635. The van der Waals surface area contributed by atoms with E-state index in [1.54, 1.807) is 0 Å². The van der Waals surface area contributed by atoms with Gasteiger partial charge in [0.2, 0.25) is 17.7 Å². The Morgan fingerprint density at radius 3 is 2.10 bits per heavy atom. The SMILES string of the molecule is NCC(=O)NCC(=O)NC(CCC(=O)O)C(=O)NC(CCCN=C(N)N)C(=O)O. The Kier molecular flexibility index (Phi) is 12.1. The van der Waals surface area contributed by atoms with Crippen LogP contribution in [0.1, 0.15) is 25.7 Å². The zero-order valence-corrected chi connectivity index (χ0v) is 15.7. The topological polar surface area (TPSA) is 252 Å². The lowest BCUT2D eigenvalue weighted by Crippen LogP contribution is -2.53. The Morgan fingerprint density at radius 2 is 1.59 bits per heavy atom. The van der Waals surface area contributed by atoms with Gasteiger partial charge >= 0.3 is 11.9 Å². The fraction of sp³-hybridized carbons (Fsp3) is 0.600. The van der Waals surface area contributed by atoms with Crippen molar-refractivity contribution in [3.05, 3.63) is 0 Å². The second kappa shape index (κ2) is 13.7. The van der Waals surface area contributed by atoms with Gasteiger partial charge in [-0.15, -0.1) is 0 Å². The lowest BCUT2D eigenvalue weighted by atomic mass is 10.1. The first-order valence-corrected chi connectivity index (χ1v) is 8.63. The Balaban J connectivity index is 4.93. The Hall–Kier alpha value is -3.42. The van der Waals surface area contributed by atoms with Crippen LogP contribution in [-0.2, 0) is 24.0 Å². The number of aliphatic carboxylic acids is 2. The molecule has 0 saturated carbocycles. The molecule has 0 rings (SSSR count). The molecule has 0 aliphatic rings. The fourth-order valence-electron chi connectivity index (χ4n) is 2.07. The van der Waals surface area contributed by atoms with Crippen molar-refractivity contribution in [2.24, 2.45) is 22.2 Å². The average molecular weight is 417 g/mol. The van der Waals surface area contributed by atoms with Crippen LogP contribution in [0.5, 0.6) is 0 Å². The van der Waals surface area contributed by atoms with Crippen molar-refractivity contribution in [2.75, 3.05) is 19.6 Å². The number of carboxylic acids is 2. The third kappa shape index (κ3) is 12.6. The standard InChI is InChI=1S/C15H27N7O7/c16-6-10(23)20-7-11(24)21-8(3-4-12(25)26)13(27)22-9(14(28)29)2-1-5-19-15(17)18/h8-9H,1-7,16H2,(H,20,23)(H,21,24)(H,22,27)(H,25,26)(H,28,29)(H4,17,18,19). The molecule has 0 fully saturated rings. The van der Waals surface area contributed by atoms with Crippen LogP contribution in [0.3, 0.4) is 0 Å². The predicted molar refractivity (Wildman–Crippen MR) is 100 cm³/mol. The van der Waals surface area contributed by atoms with Crippen LogP contribution in [0.15, 0.2) is 4.99 Å². The molecule has 0 spiro atoms. The zero-order chi connectivity index (χ0) is 22.4. The summed E-state index contributed by atoms with van der Waals surface area (Å²) in [6.45, 7) is -0.661. The number of nitrogens with two attached hydrogens (primary N) is 3. The zero-order valence-electron chi connectivity index (χ0n) is 15.7. The molecule has 14 heteroatoms. The van der Waals surface area contributed by atoms with Gasteiger partial charge in [0.05, 0.1) is 13.1 Å². The molecule has 0 radical (unpaired) electrons. The highest BCUT2D eigenvalue weighted by Gasteiger charge is 2.26. The van der Waals surface area contributed by atoms with Crippen molar-refractivity contribution in [2.45, 2.75) is 37.8 Å². The Labute approximate surface area is 166 Å². The van der Waals surface area contributed by atoms with Crippen molar-refractivity contribution in [3.63, 3.8) is 0 Å². The summed E-state index contributed by atoms with van der Waals surface area (Å²) < 4.78 is 0. The summed E-state index contributed by atoms with van der Waals surface area (Å²) in [6.07, 6.45) is -0.468. The van der Waals surface area contributed by atoms with Crippen molar-refractivity contribution in [3.8, 4) is 0 Å². The molecule has 0 saturated heterocycles. The van der Waals surface area contributed by atoms with Gasteiger partial charge < -0.3 is 43.4 Å². The molecule has 11 N–H and O–H groups in total. The third-order valence-electron chi connectivity index (χ3n) is 3.49. The van der Waals surface area contributed by atoms with Crippen LogP contribution in [0.2, 0.25) is 0 Å². The van der Waals surface area contributed by atoms with Gasteiger partial charge in [0.1, 0.15) is 12.1 Å². The van der Waals surface area contributed by atoms with Crippen LogP contribution in [-0.4, -0.2) is 77.6 Å². The number of hydrogen-bond donors (Lipinski definition) is 8. The lowest BCUT2D eigenvalue weighted by Gasteiger charge is -2.21. The molecule has 29 heavy (non-hydrogen) atoms. The summed E-state index contributed by atoms with van der Waals surface area (Å²) in [5, 5.41) is 24.7. The predicted octanol–water partition coefficient (Wildman–Crippen LogP) is -3.97. The number of nitrogens with zero attached hydrogens (tertiary/aromatic N) is 1. The molecule has 14 nitrogen and oxygen atoms in total. The summed E-state index contributed by atoms with van der Waals surface area (Å²) >= 11 is 0. The largest absolute Gasteiger partial charge is 0.481 e. The van der Waals surface area contributed by atoms with Gasteiger partial charge in [-0.3, -0.25) is 24.2 Å². The van der Waals surface area contributed by atoms with Crippen LogP contribution in [0, 0.1) is 0 Å². The van der Waals surface area contributed by atoms with Gasteiger partial charge in [0.25, 0.3) is 0 Å². The monoisotopic (exact) mass is 417 g/mol. The number of aliphatic imine (C=N–C) groups is 1. The molecule has 0 bridgehead atoms. The number of amides is 3. The van der Waals surface area contributed by atoms with Crippen molar-refractivity contribution in [1.82, 2.24) is 16.0 Å². The highest BCUT2D eigenvalue weighted by atomic mass is 16.4. The molecule has 0 aromatic carbocycles. The molecule has 164 valence electrons. The molecular weight excluding hydrogens is 390 g/mol. The van der Waals surface area contributed by atoms with Gasteiger partial charge in [-0.1, -0.05) is 0 Å². The summed E-state index contributed by atoms with van der Waals surface area (Å²) in [5.41, 5.74) is 15.4. The summed E-state index contributed by atoms with van der Waals surface area (Å²) in [5.74, 6) is -4.92. The minimum Gasteiger partial charge on any atom is -0.481 e. The number of carbonyl (C=O) groups excluding carboxylic acids is 3. The first kappa shape index (κ1) is 25.6. The summed E-state index contributed by atoms with van der Waals surface area (Å²) in [6, 6.07) is -2.61. The smallest absolute Gasteiger partial charge is 0.326 e. The third-order valence-corrected chi connectivity index (χ3v) is 3.49. The van der Waals surface area contributed by atoms with Gasteiger partial charge in [-0.2, -0.15) is 0 Å². The van der Waals surface area contributed by atoms with Crippen molar-refractivity contribution in [1.29, 1.82) is 0 Å². The number of rotatable bonds is 14. The molecule has 0 heterocycles. The second-order valence-electron chi connectivity index (χ2n) is 5.88. The summed E-state index contributed by atoms with van der Waals surface area (Å²) in [4.78, 5) is 61.2. The maximum Gasteiger partial charge on any atom is 0.326 e. The van der Waals surface area contributed by atoms with E-state index < -0.39 is 54.7 Å². The molecule has 0 aliphatic carbocycles. The molecule has 2 atom stereocenters. The maximum absolute atomic E-state index is 12.4. The second-order valence-corrected chi connectivity index (χ2v) is 5.88.